The van der Waals surface area contributed by atoms with Gasteiger partial charge >= 0.3 is 6.09 Å². The van der Waals surface area contributed by atoms with E-state index in [0.717, 1.165) is 5.56 Å². The van der Waals surface area contributed by atoms with Gasteiger partial charge in [-0.1, -0.05) is 50.2 Å². The number of pyridine rings is 1. The second-order valence-electron chi connectivity index (χ2n) is 9.57. The molecule has 39 heavy (non-hydrogen) atoms. The Bertz CT molecular complexity index is 1290. The number of ether oxygens (including phenoxy) is 2. The number of benzene rings is 2. The molecule has 4 N–H and O–H groups in total. The topological polar surface area (TPSA) is 144 Å². The molecule has 0 spiro atoms. The number of methoxy groups -OCH3 is 1. The summed E-state index contributed by atoms with van der Waals surface area (Å²) in [5.74, 6) is 0.874. The van der Waals surface area contributed by atoms with Crippen LogP contribution in [0, 0.1) is 5.92 Å². The van der Waals surface area contributed by atoms with Gasteiger partial charge in [-0.15, -0.1) is 0 Å². The SMILES string of the molecule is COc1ccc(S(=O)(=O)N(CC(C)C)C[C@@H](O)[C@H](Cc2ccccc2)NC(=O)OCc2ccc(N)nc2)cc1. The third-order valence-corrected chi connectivity index (χ3v) is 7.79. The molecule has 2 atom stereocenters. The van der Waals surface area contributed by atoms with Crippen molar-refractivity contribution < 1.29 is 27.8 Å². The Kier molecular flexibility index (Phi) is 10.7. The van der Waals surface area contributed by atoms with Crippen LogP contribution in [0.2, 0.25) is 0 Å². The van der Waals surface area contributed by atoms with E-state index in [0.29, 0.717) is 17.1 Å². The molecule has 10 nitrogen and oxygen atoms in total. The van der Waals surface area contributed by atoms with E-state index in [1.807, 2.05) is 44.2 Å². The first kappa shape index (κ1) is 29.9. The van der Waals surface area contributed by atoms with Gasteiger partial charge in [0.05, 0.1) is 24.2 Å². The molecule has 1 aromatic heterocycles. The monoisotopic (exact) mass is 556 g/mol. The molecule has 0 saturated heterocycles. The van der Waals surface area contributed by atoms with Gasteiger partial charge in [0.1, 0.15) is 18.2 Å². The highest BCUT2D eigenvalue weighted by Gasteiger charge is 2.31. The molecule has 3 rings (SSSR count). The lowest BCUT2D eigenvalue weighted by molar-refractivity contribution is 0.0873. The van der Waals surface area contributed by atoms with Gasteiger partial charge in [0.25, 0.3) is 0 Å². The summed E-state index contributed by atoms with van der Waals surface area (Å²) in [5, 5.41) is 14.0. The van der Waals surface area contributed by atoms with Crippen LogP contribution in [0.5, 0.6) is 5.75 Å². The summed E-state index contributed by atoms with van der Waals surface area (Å²) in [4.78, 5) is 16.8. The molecule has 1 heterocycles. The Morgan fingerprint density at radius 3 is 2.31 bits per heavy atom. The summed E-state index contributed by atoms with van der Waals surface area (Å²) in [5.41, 5.74) is 7.10. The van der Waals surface area contributed by atoms with Crippen molar-refractivity contribution in [2.45, 2.75) is 43.9 Å². The van der Waals surface area contributed by atoms with E-state index in [9.17, 15) is 18.3 Å². The van der Waals surface area contributed by atoms with Crippen molar-refractivity contribution in [1.29, 1.82) is 0 Å². The number of aromatic nitrogens is 1. The van der Waals surface area contributed by atoms with Crippen LogP contribution in [0.1, 0.15) is 25.0 Å². The first-order valence-electron chi connectivity index (χ1n) is 12.6. The quantitative estimate of drug-likeness (QED) is 0.291. The van der Waals surface area contributed by atoms with E-state index < -0.39 is 28.3 Å². The number of nitrogen functional groups attached to an aromatic ring is 1. The van der Waals surface area contributed by atoms with Crippen molar-refractivity contribution in [3.63, 3.8) is 0 Å². The Labute approximate surface area is 229 Å². The van der Waals surface area contributed by atoms with E-state index in [1.54, 1.807) is 24.3 Å². The number of alkyl carbamates (subject to hydrolysis) is 1. The molecule has 11 heteroatoms. The molecule has 2 aromatic carbocycles. The molecule has 0 bridgehead atoms. The zero-order chi connectivity index (χ0) is 28.4. The number of nitrogens with two attached hydrogens (primary N) is 1. The van der Waals surface area contributed by atoms with Gasteiger partial charge < -0.3 is 25.6 Å². The minimum absolute atomic E-state index is 0.00996. The molecule has 0 aliphatic heterocycles. The van der Waals surface area contributed by atoms with Crippen LogP contribution >= 0.6 is 0 Å². The number of aliphatic hydroxyl groups excluding tert-OH is 1. The first-order chi connectivity index (χ1) is 18.6. The van der Waals surface area contributed by atoms with Crippen LogP contribution in [-0.2, 0) is 27.8 Å². The molecular weight excluding hydrogens is 520 g/mol. The predicted octanol–water partition coefficient (Wildman–Crippen LogP) is 3.22. The minimum Gasteiger partial charge on any atom is -0.497 e. The number of hydrogen-bond donors (Lipinski definition) is 3. The molecule has 210 valence electrons. The van der Waals surface area contributed by atoms with E-state index in [-0.39, 0.29) is 36.9 Å². The second kappa shape index (κ2) is 13.9. The van der Waals surface area contributed by atoms with Crippen LogP contribution in [0.25, 0.3) is 0 Å². The second-order valence-corrected chi connectivity index (χ2v) is 11.5. The fourth-order valence-electron chi connectivity index (χ4n) is 3.93. The predicted molar refractivity (Wildman–Crippen MR) is 149 cm³/mol. The number of anilines is 1. The molecular formula is C28H36N4O6S. The highest BCUT2D eigenvalue weighted by Crippen LogP contribution is 2.22. The van der Waals surface area contributed by atoms with Gasteiger partial charge in [-0.2, -0.15) is 4.31 Å². The van der Waals surface area contributed by atoms with Crippen molar-refractivity contribution >= 4 is 21.9 Å². The fraction of sp³-hybridized carbons (Fsp3) is 0.357. The zero-order valence-corrected chi connectivity index (χ0v) is 23.2. The molecule has 0 saturated carbocycles. The van der Waals surface area contributed by atoms with Crippen molar-refractivity contribution in [1.82, 2.24) is 14.6 Å². The van der Waals surface area contributed by atoms with E-state index in [2.05, 4.69) is 10.3 Å². The standard InChI is InChI=1S/C28H36N4O6S/c1-20(2)17-32(39(35,36)24-12-10-23(37-3)11-13-24)18-26(33)25(15-21-7-5-4-6-8-21)31-28(34)38-19-22-9-14-27(29)30-16-22/h4-14,16,20,25-26,33H,15,17-19H2,1-3H3,(H2,29,30)(H,31,34)/t25-,26+/m0/s1. The average molecular weight is 557 g/mol. The smallest absolute Gasteiger partial charge is 0.407 e. The Hall–Kier alpha value is -3.67. The first-order valence-corrected chi connectivity index (χ1v) is 14.0. The fourth-order valence-corrected chi connectivity index (χ4v) is 5.55. The summed E-state index contributed by atoms with van der Waals surface area (Å²) in [6.07, 6.45) is -0.214. The number of carbonyl (C=O) groups is 1. The summed E-state index contributed by atoms with van der Waals surface area (Å²) in [6.45, 7) is 3.70. The number of amides is 1. The Morgan fingerprint density at radius 2 is 1.72 bits per heavy atom. The highest BCUT2D eigenvalue weighted by molar-refractivity contribution is 7.89. The molecule has 0 aliphatic carbocycles. The van der Waals surface area contributed by atoms with Gasteiger partial charge in [0, 0.05) is 24.8 Å². The molecule has 0 unspecified atom stereocenters. The molecule has 3 aromatic rings. The van der Waals surface area contributed by atoms with Gasteiger partial charge in [-0.3, -0.25) is 0 Å². The van der Waals surface area contributed by atoms with E-state index in [1.165, 1.54) is 29.7 Å². The van der Waals surface area contributed by atoms with Gasteiger partial charge in [0.2, 0.25) is 10.0 Å². The maximum atomic E-state index is 13.5. The summed E-state index contributed by atoms with van der Waals surface area (Å²) in [6, 6.07) is 17.9. The Balaban J connectivity index is 1.78. The van der Waals surface area contributed by atoms with Gasteiger partial charge in [-0.25, -0.2) is 18.2 Å². The highest BCUT2D eigenvalue weighted by atomic mass is 32.2. The van der Waals surface area contributed by atoms with Crippen LogP contribution in [0.3, 0.4) is 0 Å². The van der Waals surface area contributed by atoms with Crippen molar-refractivity contribution in [2.24, 2.45) is 5.92 Å². The lowest BCUT2D eigenvalue weighted by Gasteiger charge is -2.30. The lowest BCUT2D eigenvalue weighted by atomic mass is 10.0. The number of rotatable bonds is 13. The maximum Gasteiger partial charge on any atom is 0.407 e. The minimum atomic E-state index is -3.94. The summed E-state index contributed by atoms with van der Waals surface area (Å²) < 4.78 is 38.8. The molecule has 0 radical (unpaired) electrons. The maximum absolute atomic E-state index is 13.5. The summed E-state index contributed by atoms with van der Waals surface area (Å²) in [7, 11) is -2.44. The number of hydrogen-bond acceptors (Lipinski definition) is 8. The van der Waals surface area contributed by atoms with Crippen molar-refractivity contribution in [2.75, 3.05) is 25.9 Å². The van der Waals surface area contributed by atoms with E-state index in [4.69, 9.17) is 15.2 Å². The van der Waals surface area contributed by atoms with Crippen LogP contribution in [0.15, 0.2) is 77.8 Å². The summed E-state index contributed by atoms with van der Waals surface area (Å²) >= 11 is 0. The number of nitrogens with zero attached hydrogens (tertiary/aromatic N) is 2. The zero-order valence-electron chi connectivity index (χ0n) is 22.4. The van der Waals surface area contributed by atoms with Crippen LogP contribution < -0.4 is 15.8 Å². The molecule has 0 fully saturated rings. The van der Waals surface area contributed by atoms with Gasteiger partial charge in [0.15, 0.2) is 0 Å². The van der Waals surface area contributed by atoms with Gasteiger partial charge in [-0.05, 0) is 48.2 Å². The van der Waals surface area contributed by atoms with Crippen LogP contribution in [0.4, 0.5) is 10.6 Å². The number of carbonyl (C=O) groups excluding carboxylic acids is 1. The third kappa shape index (κ3) is 8.95. The molecule has 1 amide bonds. The lowest BCUT2D eigenvalue weighted by Crippen LogP contribution is -2.51. The third-order valence-electron chi connectivity index (χ3n) is 5.94. The Morgan fingerprint density at radius 1 is 1.03 bits per heavy atom. The van der Waals surface area contributed by atoms with Crippen molar-refractivity contribution in [3.8, 4) is 5.75 Å². The average Bonchev–Trinajstić information content (AvgIpc) is 2.92. The normalized spacial score (nSPS) is 13.2. The van der Waals surface area contributed by atoms with E-state index >= 15 is 0 Å². The largest absolute Gasteiger partial charge is 0.497 e. The number of aliphatic hydroxyl groups is 1. The number of nitrogens with one attached hydrogen (secondary N) is 1. The number of sulfonamides is 1. The molecule has 0 aliphatic rings. The van der Waals surface area contributed by atoms with Crippen LogP contribution in [-0.4, -0.2) is 61.3 Å². The van der Waals surface area contributed by atoms with Crippen molar-refractivity contribution in [3.05, 3.63) is 84.1 Å².